The fourth-order valence-electron chi connectivity index (χ4n) is 1.71. The van der Waals surface area contributed by atoms with Crippen LogP contribution in [-0.2, 0) is 16.0 Å². The standard InChI is InChI=1S/C12H14N4O3S/c13-7(10(14)17)3-6-1-2-15-8(4-6)11-16-9(5-20-11)12(18)19/h1-2,4,7,9H,3,5,13H2,(H2,14,17)(H,18,19)/t7-,9-/m0/s1. The fourth-order valence-corrected chi connectivity index (χ4v) is 2.71. The molecule has 0 saturated carbocycles. The second-order valence-electron chi connectivity index (χ2n) is 4.36. The number of primary amides is 1. The van der Waals surface area contributed by atoms with Gasteiger partial charge < -0.3 is 16.6 Å². The summed E-state index contributed by atoms with van der Waals surface area (Å²) in [4.78, 5) is 30.1. The molecule has 8 heteroatoms. The van der Waals surface area contributed by atoms with Crippen LogP contribution in [0.1, 0.15) is 11.3 Å². The lowest BCUT2D eigenvalue weighted by Gasteiger charge is -2.08. The molecule has 2 atom stereocenters. The number of carbonyl (C=O) groups is 2. The zero-order valence-corrected chi connectivity index (χ0v) is 11.3. The number of aliphatic carboxylic acids is 1. The lowest BCUT2D eigenvalue weighted by atomic mass is 10.1. The van der Waals surface area contributed by atoms with Crippen molar-refractivity contribution >= 4 is 28.7 Å². The first-order chi connectivity index (χ1) is 9.47. The molecule has 1 aromatic heterocycles. The van der Waals surface area contributed by atoms with Crippen LogP contribution in [0.15, 0.2) is 23.3 Å². The van der Waals surface area contributed by atoms with Crippen molar-refractivity contribution in [2.75, 3.05) is 5.75 Å². The largest absolute Gasteiger partial charge is 0.480 e. The van der Waals surface area contributed by atoms with Crippen LogP contribution >= 0.6 is 11.8 Å². The average Bonchev–Trinajstić information content (AvgIpc) is 2.88. The molecule has 0 aromatic carbocycles. The Labute approximate surface area is 119 Å². The number of pyridine rings is 1. The van der Waals surface area contributed by atoms with Crippen LogP contribution in [-0.4, -0.2) is 44.8 Å². The number of aliphatic imine (C=N–C) groups is 1. The van der Waals surface area contributed by atoms with E-state index in [1.165, 1.54) is 11.8 Å². The first kappa shape index (κ1) is 14.5. The molecule has 0 spiro atoms. The summed E-state index contributed by atoms with van der Waals surface area (Å²) in [5.41, 5.74) is 12.1. The van der Waals surface area contributed by atoms with E-state index in [1.54, 1.807) is 18.3 Å². The Bertz CT molecular complexity index is 576. The van der Waals surface area contributed by atoms with E-state index in [0.29, 0.717) is 22.9 Å². The second kappa shape index (κ2) is 6.02. The number of amides is 1. The molecule has 5 N–H and O–H groups in total. The van der Waals surface area contributed by atoms with Gasteiger partial charge in [-0.25, -0.2) is 4.79 Å². The molecule has 20 heavy (non-hydrogen) atoms. The Balaban J connectivity index is 2.16. The summed E-state index contributed by atoms with van der Waals surface area (Å²) in [6, 6.07) is 2.00. The summed E-state index contributed by atoms with van der Waals surface area (Å²) in [7, 11) is 0. The molecule has 0 unspecified atom stereocenters. The molecule has 0 aliphatic carbocycles. The van der Waals surface area contributed by atoms with Gasteiger partial charge in [-0.3, -0.25) is 14.8 Å². The van der Waals surface area contributed by atoms with Crippen LogP contribution in [0, 0.1) is 0 Å². The van der Waals surface area contributed by atoms with Crippen molar-refractivity contribution in [1.82, 2.24) is 4.98 Å². The third-order valence-electron chi connectivity index (χ3n) is 2.80. The molecule has 0 saturated heterocycles. The molecule has 7 nitrogen and oxygen atoms in total. The van der Waals surface area contributed by atoms with Crippen molar-refractivity contribution in [2.24, 2.45) is 16.5 Å². The number of hydrogen-bond acceptors (Lipinski definition) is 6. The molecule has 106 valence electrons. The van der Waals surface area contributed by atoms with Crippen molar-refractivity contribution in [3.63, 3.8) is 0 Å². The van der Waals surface area contributed by atoms with E-state index >= 15 is 0 Å². The minimum Gasteiger partial charge on any atom is -0.480 e. The minimum atomic E-state index is -0.945. The SMILES string of the molecule is NC(=O)[C@@H](N)Cc1ccnc(C2=N[C@H](C(=O)O)CS2)c1. The summed E-state index contributed by atoms with van der Waals surface area (Å²) >= 11 is 1.35. The molecule has 1 aliphatic rings. The monoisotopic (exact) mass is 294 g/mol. The van der Waals surface area contributed by atoms with Crippen LogP contribution in [0.5, 0.6) is 0 Å². The molecule has 0 bridgehead atoms. The number of carboxylic acids is 1. The smallest absolute Gasteiger partial charge is 0.329 e. The number of carbonyl (C=O) groups excluding carboxylic acids is 1. The predicted octanol–water partition coefficient (Wildman–Crippen LogP) is -0.617. The highest BCUT2D eigenvalue weighted by atomic mass is 32.2. The van der Waals surface area contributed by atoms with E-state index in [2.05, 4.69) is 9.98 Å². The summed E-state index contributed by atoms with van der Waals surface area (Å²) in [6.45, 7) is 0. The zero-order chi connectivity index (χ0) is 14.7. The van der Waals surface area contributed by atoms with Crippen LogP contribution < -0.4 is 11.5 Å². The maximum Gasteiger partial charge on any atom is 0.329 e. The molecule has 1 aliphatic heterocycles. The maximum atomic E-state index is 11.0. The van der Waals surface area contributed by atoms with Crippen LogP contribution in [0.3, 0.4) is 0 Å². The summed E-state index contributed by atoms with van der Waals surface area (Å²) in [5, 5.41) is 9.49. The first-order valence-corrected chi connectivity index (χ1v) is 6.89. The third kappa shape index (κ3) is 3.34. The van der Waals surface area contributed by atoms with E-state index in [-0.39, 0.29) is 0 Å². The van der Waals surface area contributed by atoms with E-state index in [9.17, 15) is 9.59 Å². The van der Waals surface area contributed by atoms with E-state index < -0.39 is 24.0 Å². The Morgan fingerprint density at radius 2 is 2.30 bits per heavy atom. The summed E-state index contributed by atoms with van der Waals surface area (Å²) < 4.78 is 0. The zero-order valence-electron chi connectivity index (χ0n) is 10.5. The van der Waals surface area contributed by atoms with Gasteiger partial charge in [0.15, 0.2) is 6.04 Å². The van der Waals surface area contributed by atoms with Gasteiger partial charge in [0, 0.05) is 11.9 Å². The number of nitrogens with two attached hydrogens (primary N) is 2. The number of thioether (sulfide) groups is 1. The molecule has 0 fully saturated rings. The minimum absolute atomic E-state index is 0.311. The molecule has 1 aromatic rings. The van der Waals surface area contributed by atoms with Gasteiger partial charge in [0.05, 0.1) is 11.7 Å². The van der Waals surface area contributed by atoms with Crippen molar-refractivity contribution < 1.29 is 14.7 Å². The van der Waals surface area contributed by atoms with Gasteiger partial charge in [0.1, 0.15) is 5.04 Å². The van der Waals surface area contributed by atoms with Gasteiger partial charge in [-0.1, -0.05) is 0 Å². The lowest BCUT2D eigenvalue weighted by molar-refractivity contribution is -0.137. The topological polar surface area (TPSA) is 132 Å². The number of rotatable bonds is 5. The molecule has 1 amide bonds. The summed E-state index contributed by atoms with van der Waals surface area (Å²) in [5.74, 6) is -1.11. The lowest BCUT2D eigenvalue weighted by Crippen LogP contribution is -2.38. The van der Waals surface area contributed by atoms with Gasteiger partial charge in [-0.15, -0.1) is 11.8 Å². The predicted molar refractivity (Wildman–Crippen MR) is 75.5 cm³/mol. The number of aromatic nitrogens is 1. The van der Waals surface area contributed by atoms with Gasteiger partial charge in [0.2, 0.25) is 5.91 Å². The van der Waals surface area contributed by atoms with Crippen LogP contribution in [0.2, 0.25) is 0 Å². The highest BCUT2D eigenvalue weighted by Gasteiger charge is 2.25. The van der Waals surface area contributed by atoms with Crippen molar-refractivity contribution in [3.05, 3.63) is 29.6 Å². The van der Waals surface area contributed by atoms with E-state index in [4.69, 9.17) is 16.6 Å². The molecule has 2 rings (SSSR count). The third-order valence-corrected chi connectivity index (χ3v) is 3.87. The van der Waals surface area contributed by atoms with Gasteiger partial charge in [0.25, 0.3) is 0 Å². The Hall–Kier alpha value is -1.93. The second-order valence-corrected chi connectivity index (χ2v) is 5.37. The normalized spacial score (nSPS) is 19.4. The van der Waals surface area contributed by atoms with E-state index in [1.807, 2.05) is 0 Å². The molecule has 2 heterocycles. The van der Waals surface area contributed by atoms with Crippen molar-refractivity contribution in [3.8, 4) is 0 Å². The molecule has 0 radical (unpaired) electrons. The van der Waals surface area contributed by atoms with Crippen LogP contribution in [0.4, 0.5) is 0 Å². The maximum absolute atomic E-state index is 11.0. The summed E-state index contributed by atoms with van der Waals surface area (Å²) in [6.07, 6.45) is 1.89. The average molecular weight is 294 g/mol. The van der Waals surface area contributed by atoms with Crippen LogP contribution in [0.25, 0.3) is 0 Å². The van der Waals surface area contributed by atoms with Gasteiger partial charge in [-0.2, -0.15) is 0 Å². The number of hydrogen-bond donors (Lipinski definition) is 3. The van der Waals surface area contributed by atoms with Gasteiger partial charge in [-0.05, 0) is 24.1 Å². The molecular weight excluding hydrogens is 280 g/mol. The Kier molecular flexibility index (Phi) is 4.35. The Morgan fingerprint density at radius 1 is 1.55 bits per heavy atom. The van der Waals surface area contributed by atoms with Crippen molar-refractivity contribution in [1.29, 1.82) is 0 Å². The number of nitrogens with zero attached hydrogens (tertiary/aromatic N) is 2. The molecular formula is C12H14N4O3S. The Morgan fingerprint density at radius 3 is 2.90 bits per heavy atom. The van der Waals surface area contributed by atoms with E-state index in [0.717, 1.165) is 5.56 Å². The van der Waals surface area contributed by atoms with Gasteiger partial charge >= 0.3 is 5.97 Å². The van der Waals surface area contributed by atoms with Crippen molar-refractivity contribution in [2.45, 2.75) is 18.5 Å². The highest BCUT2D eigenvalue weighted by Crippen LogP contribution is 2.23. The highest BCUT2D eigenvalue weighted by molar-refractivity contribution is 8.14. The first-order valence-electron chi connectivity index (χ1n) is 5.91. The quantitative estimate of drug-likeness (QED) is 0.663. The number of carboxylic acid groups (broad SMARTS) is 1. The fraction of sp³-hybridized carbons (Fsp3) is 0.333.